The molecule has 2 aromatic rings. The average Bonchev–Trinajstić information content (AvgIpc) is 2.42. The van der Waals surface area contributed by atoms with Crippen molar-refractivity contribution in [1.82, 2.24) is 0 Å². The molecule has 0 aliphatic rings. The van der Waals surface area contributed by atoms with E-state index in [1.807, 2.05) is 0 Å². The zero-order valence-corrected chi connectivity index (χ0v) is 12.9. The van der Waals surface area contributed by atoms with Crippen molar-refractivity contribution in [2.75, 3.05) is 17.2 Å². The summed E-state index contributed by atoms with van der Waals surface area (Å²) in [4.78, 5) is 11.7. The lowest BCUT2D eigenvalue weighted by molar-refractivity contribution is -0.114. The van der Waals surface area contributed by atoms with Crippen LogP contribution >= 0.6 is 27.5 Å². The van der Waals surface area contributed by atoms with Gasteiger partial charge >= 0.3 is 0 Å². The van der Waals surface area contributed by atoms with E-state index < -0.39 is 23.2 Å². The van der Waals surface area contributed by atoms with Crippen LogP contribution in [-0.4, -0.2) is 12.5 Å². The van der Waals surface area contributed by atoms with E-state index >= 15 is 0 Å². The number of para-hydroxylation sites is 1. The predicted molar refractivity (Wildman–Crippen MR) is 82.6 cm³/mol. The summed E-state index contributed by atoms with van der Waals surface area (Å²) in [5.41, 5.74) is 0.0789. The number of rotatable bonds is 4. The summed E-state index contributed by atoms with van der Waals surface area (Å²) in [6.07, 6.45) is 0. The molecule has 1 amide bonds. The van der Waals surface area contributed by atoms with Crippen molar-refractivity contribution >= 4 is 44.8 Å². The average molecular weight is 376 g/mol. The lowest BCUT2D eigenvalue weighted by Gasteiger charge is -2.10. The Balaban J connectivity index is 1.99. The van der Waals surface area contributed by atoms with Crippen molar-refractivity contribution in [3.8, 4) is 0 Å². The van der Waals surface area contributed by atoms with Gasteiger partial charge in [-0.3, -0.25) is 4.79 Å². The molecule has 2 rings (SSSR count). The van der Waals surface area contributed by atoms with Crippen LogP contribution in [0.25, 0.3) is 0 Å². The molecule has 0 aromatic heterocycles. The second-order valence-corrected chi connectivity index (χ2v) is 5.45. The van der Waals surface area contributed by atoms with Gasteiger partial charge in [-0.15, -0.1) is 0 Å². The number of carbonyl (C=O) groups is 1. The topological polar surface area (TPSA) is 41.1 Å². The Morgan fingerprint density at radius 1 is 1.19 bits per heavy atom. The molecule has 3 nitrogen and oxygen atoms in total. The lowest BCUT2D eigenvalue weighted by atomic mass is 10.3. The number of carbonyl (C=O) groups excluding carboxylic acids is 1. The molecule has 0 heterocycles. The van der Waals surface area contributed by atoms with E-state index in [4.69, 9.17) is 11.6 Å². The highest BCUT2D eigenvalue weighted by molar-refractivity contribution is 9.10. The SMILES string of the molecule is O=C(CNc1ccc(Br)cc1Cl)Nc1c(F)cccc1F. The monoisotopic (exact) mass is 374 g/mol. The maximum Gasteiger partial charge on any atom is 0.243 e. The summed E-state index contributed by atoms with van der Waals surface area (Å²) in [5, 5.41) is 5.39. The van der Waals surface area contributed by atoms with Crippen LogP contribution < -0.4 is 10.6 Å². The minimum atomic E-state index is -0.829. The first-order valence-corrected chi connectivity index (χ1v) is 7.07. The van der Waals surface area contributed by atoms with E-state index in [0.717, 1.165) is 16.6 Å². The van der Waals surface area contributed by atoms with Crippen molar-refractivity contribution in [3.63, 3.8) is 0 Å². The third-order valence-corrected chi connectivity index (χ3v) is 3.40. The highest BCUT2D eigenvalue weighted by Crippen LogP contribution is 2.25. The predicted octanol–water partition coefficient (Wildman–Crippen LogP) is 4.43. The molecule has 0 bridgehead atoms. The van der Waals surface area contributed by atoms with Gasteiger partial charge in [-0.05, 0) is 30.3 Å². The van der Waals surface area contributed by atoms with Gasteiger partial charge in [0.2, 0.25) is 5.91 Å². The molecule has 21 heavy (non-hydrogen) atoms. The van der Waals surface area contributed by atoms with Crippen LogP contribution in [0.4, 0.5) is 20.2 Å². The van der Waals surface area contributed by atoms with E-state index in [1.165, 1.54) is 6.07 Å². The van der Waals surface area contributed by atoms with Crippen LogP contribution in [0.1, 0.15) is 0 Å². The molecule has 7 heteroatoms. The second-order valence-electron chi connectivity index (χ2n) is 4.12. The maximum absolute atomic E-state index is 13.4. The first kappa shape index (κ1) is 15.7. The van der Waals surface area contributed by atoms with Crippen LogP contribution in [0.5, 0.6) is 0 Å². The fraction of sp³-hybridized carbons (Fsp3) is 0.0714. The van der Waals surface area contributed by atoms with E-state index in [1.54, 1.807) is 18.2 Å². The molecule has 0 saturated carbocycles. The zero-order chi connectivity index (χ0) is 15.4. The Morgan fingerprint density at radius 3 is 2.48 bits per heavy atom. The number of halogens is 4. The third kappa shape index (κ3) is 4.15. The standard InChI is InChI=1S/C14H10BrClF2N2O/c15-8-4-5-12(9(16)6-8)19-7-13(21)20-14-10(17)2-1-3-11(14)18/h1-6,19H,7H2,(H,20,21). The van der Waals surface area contributed by atoms with Crippen LogP contribution in [0.3, 0.4) is 0 Å². The van der Waals surface area contributed by atoms with Crippen molar-refractivity contribution in [2.24, 2.45) is 0 Å². The number of amides is 1. The summed E-state index contributed by atoms with van der Waals surface area (Å²) < 4.78 is 27.6. The Kier molecular flexibility index (Phi) is 5.14. The number of nitrogens with one attached hydrogen (secondary N) is 2. The normalized spacial score (nSPS) is 10.3. The molecule has 0 radical (unpaired) electrons. The lowest BCUT2D eigenvalue weighted by Crippen LogP contribution is -2.23. The van der Waals surface area contributed by atoms with Crippen LogP contribution in [0, 0.1) is 11.6 Å². The minimum Gasteiger partial charge on any atom is -0.375 e. The van der Waals surface area contributed by atoms with Gasteiger partial charge in [-0.2, -0.15) is 0 Å². The Morgan fingerprint density at radius 2 is 1.86 bits per heavy atom. The number of benzene rings is 2. The van der Waals surface area contributed by atoms with Gasteiger partial charge in [-0.25, -0.2) is 8.78 Å². The van der Waals surface area contributed by atoms with E-state index in [-0.39, 0.29) is 6.54 Å². The molecule has 0 aliphatic carbocycles. The number of anilines is 2. The first-order chi connectivity index (χ1) is 9.97. The second kappa shape index (κ2) is 6.87. The molecule has 110 valence electrons. The fourth-order valence-electron chi connectivity index (χ4n) is 1.61. The molecule has 0 unspecified atom stereocenters. The van der Waals surface area contributed by atoms with Gasteiger partial charge in [0.15, 0.2) is 0 Å². The quantitative estimate of drug-likeness (QED) is 0.830. The Hall–Kier alpha value is -1.66. The first-order valence-electron chi connectivity index (χ1n) is 5.90. The Bertz CT molecular complexity index is 662. The smallest absolute Gasteiger partial charge is 0.243 e. The van der Waals surface area contributed by atoms with Crippen molar-refractivity contribution < 1.29 is 13.6 Å². The maximum atomic E-state index is 13.4. The van der Waals surface area contributed by atoms with Crippen LogP contribution in [0.15, 0.2) is 40.9 Å². The molecule has 0 saturated heterocycles. The molecule has 0 atom stereocenters. The van der Waals surface area contributed by atoms with Gasteiger partial charge < -0.3 is 10.6 Å². The van der Waals surface area contributed by atoms with Crippen molar-refractivity contribution in [2.45, 2.75) is 0 Å². The van der Waals surface area contributed by atoms with Crippen molar-refractivity contribution in [1.29, 1.82) is 0 Å². The molecule has 2 N–H and O–H groups in total. The van der Waals surface area contributed by atoms with Gasteiger partial charge in [0.1, 0.15) is 17.3 Å². The summed E-state index contributed by atoms with van der Waals surface area (Å²) in [7, 11) is 0. The van der Waals surface area contributed by atoms with Gasteiger partial charge in [-0.1, -0.05) is 33.6 Å². The molecular weight excluding hydrogens is 366 g/mol. The molecule has 0 fully saturated rings. The van der Waals surface area contributed by atoms with E-state index in [9.17, 15) is 13.6 Å². The third-order valence-electron chi connectivity index (χ3n) is 2.60. The largest absolute Gasteiger partial charge is 0.375 e. The fourth-order valence-corrected chi connectivity index (χ4v) is 2.35. The highest BCUT2D eigenvalue weighted by Gasteiger charge is 2.12. The molecule has 0 spiro atoms. The van der Waals surface area contributed by atoms with Gasteiger partial charge in [0, 0.05) is 4.47 Å². The summed E-state index contributed by atoms with van der Waals surface area (Å²) in [5.74, 6) is -2.24. The van der Waals surface area contributed by atoms with Crippen molar-refractivity contribution in [3.05, 3.63) is 57.5 Å². The number of hydrogen-bond acceptors (Lipinski definition) is 2. The zero-order valence-electron chi connectivity index (χ0n) is 10.6. The molecular formula is C14H10BrClF2N2O. The summed E-state index contributed by atoms with van der Waals surface area (Å²) in [6, 6.07) is 8.46. The summed E-state index contributed by atoms with van der Waals surface area (Å²) in [6.45, 7) is -0.172. The van der Waals surface area contributed by atoms with Gasteiger partial charge in [0.05, 0.1) is 17.3 Å². The minimum absolute atomic E-state index is 0.172. The Labute approximate surface area is 133 Å². The van der Waals surface area contributed by atoms with Crippen LogP contribution in [-0.2, 0) is 4.79 Å². The molecule has 0 aliphatic heterocycles. The van der Waals surface area contributed by atoms with Crippen LogP contribution in [0.2, 0.25) is 5.02 Å². The van der Waals surface area contributed by atoms with Gasteiger partial charge in [0.25, 0.3) is 0 Å². The highest BCUT2D eigenvalue weighted by atomic mass is 79.9. The number of hydrogen-bond donors (Lipinski definition) is 2. The molecule has 2 aromatic carbocycles. The summed E-state index contributed by atoms with van der Waals surface area (Å²) >= 11 is 9.24. The van der Waals surface area contributed by atoms with E-state index in [0.29, 0.717) is 10.7 Å². The van der Waals surface area contributed by atoms with E-state index in [2.05, 4.69) is 26.6 Å².